The molecule has 1 aliphatic rings. The minimum Gasteiger partial charge on any atom is -0.497 e. The van der Waals surface area contributed by atoms with Gasteiger partial charge in [-0.3, -0.25) is 9.59 Å². The number of amides is 2. The second-order valence-corrected chi connectivity index (χ2v) is 9.47. The van der Waals surface area contributed by atoms with E-state index in [4.69, 9.17) is 16.3 Å². The molecule has 4 rings (SSSR count). The molecule has 0 saturated heterocycles. The number of hydrogen-bond donors (Lipinski definition) is 1. The van der Waals surface area contributed by atoms with E-state index >= 15 is 0 Å². The molecule has 3 aromatic rings. The van der Waals surface area contributed by atoms with Gasteiger partial charge in [0.15, 0.2) is 0 Å². The summed E-state index contributed by atoms with van der Waals surface area (Å²) in [7, 11) is 1.62. The summed E-state index contributed by atoms with van der Waals surface area (Å²) < 4.78 is 5.17. The van der Waals surface area contributed by atoms with E-state index in [0.29, 0.717) is 18.1 Å². The van der Waals surface area contributed by atoms with Crippen molar-refractivity contribution >= 4 is 40.9 Å². The maximum absolute atomic E-state index is 13.6. The molecule has 33 heavy (non-hydrogen) atoms. The largest absolute Gasteiger partial charge is 0.497 e. The number of carbonyl (C=O) groups is 2. The Morgan fingerprint density at radius 1 is 1.09 bits per heavy atom. The molecule has 0 fully saturated rings. The number of methoxy groups -OCH3 is 1. The first kappa shape index (κ1) is 23.2. The molecular weight excluding hydrogens is 456 g/mol. The Balaban J connectivity index is 1.51. The zero-order valence-electron chi connectivity index (χ0n) is 18.5. The van der Waals surface area contributed by atoms with Crippen molar-refractivity contribution in [3.8, 4) is 5.75 Å². The number of hydrogen-bond acceptors (Lipinski definition) is 4. The van der Waals surface area contributed by atoms with E-state index in [0.717, 1.165) is 27.5 Å². The van der Waals surface area contributed by atoms with Gasteiger partial charge in [-0.05, 0) is 41.5 Å². The molecule has 0 saturated carbocycles. The molecule has 1 heterocycles. The summed E-state index contributed by atoms with van der Waals surface area (Å²) in [5.74, 6) is 0.00207. The van der Waals surface area contributed by atoms with Gasteiger partial charge in [-0.2, -0.15) is 0 Å². The van der Waals surface area contributed by atoms with Crippen LogP contribution < -0.4 is 15.0 Å². The van der Waals surface area contributed by atoms with Gasteiger partial charge in [-0.25, -0.2) is 0 Å². The van der Waals surface area contributed by atoms with E-state index in [2.05, 4.69) is 5.32 Å². The second-order valence-electron chi connectivity index (χ2n) is 7.88. The van der Waals surface area contributed by atoms with Crippen molar-refractivity contribution in [1.29, 1.82) is 0 Å². The third-order valence-corrected chi connectivity index (χ3v) is 7.53. The van der Waals surface area contributed by atoms with Crippen LogP contribution in [0.25, 0.3) is 0 Å². The lowest BCUT2D eigenvalue weighted by Crippen LogP contribution is -2.47. The molecule has 2 amide bonds. The molecule has 0 spiro atoms. The Kier molecular flexibility index (Phi) is 7.26. The van der Waals surface area contributed by atoms with Crippen LogP contribution in [0.1, 0.15) is 18.1 Å². The van der Waals surface area contributed by atoms with Crippen molar-refractivity contribution in [2.24, 2.45) is 5.92 Å². The van der Waals surface area contributed by atoms with E-state index in [1.165, 1.54) is 11.8 Å². The van der Waals surface area contributed by atoms with Gasteiger partial charge in [0, 0.05) is 16.5 Å². The average molecular weight is 481 g/mol. The van der Waals surface area contributed by atoms with Crippen molar-refractivity contribution in [2.75, 3.05) is 12.0 Å². The van der Waals surface area contributed by atoms with E-state index < -0.39 is 11.2 Å². The highest BCUT2D eigenvalue weighted by molar-refractivity contribution is 8.01. The minimum absolute atomic E-state index is 0.0919. The Morgan fingerprint density at radius 3 is 2.52 bits per heavy atom. The number of anilines is 1. The quantitative estimate of drug-likeness (QED) is 0.498. The minimum atomic E-state index is -0.529. The van der Waals surface area contributed by atoms with Crippen molar-refractivity contribution in [2.45, 2.75) is 30.2 Å². The third-order valence-electron chi connectivity index (χ3n) is 5.70. The monoisotopic (exact) mass is 480 g/mol. The van der Waals surface area contributed by atoms with Crippen molar-refractivity contribution in [3.63, 3.8) is 0 Å². The number of fused-ring (bicyclic) bond motifs is 1. The van der Waals surface area contributed by atoms with Gasteiger partial charge in [0.2, 0.25) is 11.8 Å². The highest BCUT2D eigenvalue weighted by atomic mass is 35.5. The molecule has 0 aliphatic carbocycles. The Morgan fingerprint density at radius 2 is 1.79 bits per heavy atom. The third kappa shape index (κ3) is 5.18. The number of nitrogens with one attached hydrogen (secondary N) is 1. The zero-order chi connectivity index (χ0) is 23.4. The van der Waals surface area contributed by atoms with Crippen LogP contribution in [0.2, 0.25) is 5.02 Å². The van der Waals surface area contributed by atoms with Gasteiger partial charge in [-0.1, -0.05) is 61.0 Å². The maximum atomic E-state index is 13.6. The molecule has 3 aromatic carbocycles. The van der Waals surface area contributed by atoms with Gasteiger partial charge < -0.3 is 15.0 Å². The summed E-state index contributed by atoms with van der Waals surface area (Å²) in [6, 6.07) is 22.8. The normalized spacial score (nSPS) is 16.2. The second kappa shape index (κ2) is 10.3. The predicted octanol–water partition coefficient (Wildman–Crippen LogP) is 5.31. The standard InChI is InChI=1S/C26H25ClN2O3S/c1-17(25(30)28-15-18-11-13-20(32-2)14-12-18)24-26(31)29(16-19-7-3-4-8-21(19)27)22-9-5-6-10-23(22)33-24/h3-14,17,24H,15-16H2,1-2H3,(H,28,30)/t17-,24+/m0/s1. The summed E-state index contributed by atoms with van der Waals surface area (Å²) in [5, 5.41) is 3.05. The first-order chi connectivity index (χ1) is 16.0. The smallest absolute Gasteiger partial charge is 0.241 e. The zero-order valence-corrected chi connectivity index (χ0v) is 20.0. The van der Waals surface area contributed by atoms with Crippen LogP contribution in [0.4, 0.5) is 5.69 Å². The van der Waals surface area contributed by atoms with Gasteiger partial charge in [-0.15, -0.1) is 11.8 Å². The summed E-state index contributed by atoms with van der Waals surface area (Å²) in [6.07, 6.45) is 0. The van der Waals surface area contributed by atoms with Gasteiger partial charge in [0.05, 0.1) is 25.3 Å². The van der Waals surface area contributed by atoms with E-state index in [9.17, 15) is 9.59 Å². The van der Waals surface area contributed by atoms with Crippen LogP contribution in [-0.2, 0) is 22.7 Å². The predicted molar refractivity (Wildman–Crippen MR) is 133 cm³/mol. The molecule has 1 aliphatic heterocycles. The number of carbonyl (C=O) groups excluding carboxylic acids is 2. The molecule has 170 valence electrons. The topological polar surface area (TPSA) is 58.6 Å². The van der Waals surface area contributed by atoms with Crippen LogP contribution in [0.3, 0.4) is 0 Å². The maximum Gasteiger partial charge on any atom is 0.241 e. The van der Waals surface area contributed by atoms with Gasteiger partial charge >= 0.3 is 0 Å². The summed E-state index contributed by atoms with van der Waals surface area (Å²) in [5.41, 5.74) is 2.67. The number of benzene rings is 3. The van der Waals surface area contributed by atoms with Crippen LogP contribution in [0.15, 0.2) is 77.7 Å². The first-order valence-electron chi connectivity index (χ1n) is 10.7. The van der Waals surface area contributed by atoms with Crippen molar-refractivity contribution < 1.29 is 14.3 Å². The van der Waals surface area contributed by atoms with E-state index in [-0.39, 0.29) is 11.8 Å². The number of para-hydroxylation sites is 1. The summed E-state index contributed by atoms with van der Waals surface area (Å²) in [6.45, 7) is 2.55. The number of rotatable bonds is 7. The summed E-state index contributed by atoms with van der Waals surface area (Å²) in [4.78, 5) is 29.3. The highest BCUT2D eigenvalue weighted by Crippen LogP contribution is 2.42. The summed E-state index contributed by atoms with van der Waals surface area (Å²) >= 11 is 7.82. The van der Waals surface area contributed by atoms with Crippen LogP contribution in [0, 0.1) is 5.92 Å². The Bertz CT molecular complexity index is 1150. The highest BCUT2D eigenvalue weighted by Gasteiger charge is 2.39. The SMILES string of the molecule is COc1ccc(CNC(=O)[C@@H](C)[C@H]2Sc3ccccc3N(Cc3ccccc3Cl)C2=O)cc1. The fourth-order valence-corrected chi connectivity index (χ4v) is 5.23. The van der Waals surface area contributed by atoms with Crippen LogP contribution >= 0.6 is 23.4 Å². The van der Waals surface area contributed by atoms with Gasteiger partial charge in [0.25, 0.3) is 0 Å². The molecule has 1 N–H and O–H groups in total. The number of nitrogens with zero attached hydrogens (tertiary/aromatic N) is 1. The lowest BCUT2D eigenvalue weighted by atomic mass is 10.0. The molecule has 5 nitrogen and oxygen atoms in total. The Hall–Kier alpha value is -2.96. The molecule has 2 atom stereocenters. The van der Waals surface area contributed by atoms with E-state index in [1.807, 2.05) is 72.8 Å². The molecule has 0 radical (unpaired) electrons. The molecular formula is C26H25ClN2O3S. The fraction of sp³-hybridized carbons (Fsp3) is 0.231. The van der Waals surface area contributed by atoms with Crippen LogP contribution in [0.5, 0.6) is 5.75 Å². The first-order valence-corrected chi connectivity index (χ1v) is 11.9. The molecule has 0 aromatic heterocycles. The molecule has 7 heteroatoms. The van der Waals surface area contributed by atoms with Crippen LogP contribution in [-0.4, -0.2) is 24.2 Å². The number of ether oxygens (including phenoxy) is 1. The van der Waals surface area contributed by atoms with Crippen molar-refractivity contribution in [1.82, 2.24) is 5.32 Å². The number of thioether (sulfide) groups is 1. The molecule has 0 unspecified atom stereocenters. The lowest BCUT2D eigenvalue weighted by Gasteiger charge is -2.36. The van der Waals surface area contributed by atoms with Crippen molar-refractivity contribution in [3.05, 3.63) is 88.9 Å². The Labute approximate surface area is 203 Å². The fourth-order valence-electron chi connectivity index (χ4n) is 3.75. The lowest BCUT2D eigenvalue weighted by molar-refractivity contribution is -0.128. The van der Waals surface area contributed by atoms with Gasteiger partial charge in [0.1, 0.15) is 11.0 Å². The number of halogens is 1. The molecule has 0 bridgehead atoms. The van der Waals surface area contributed by atoms with E-state index in [1.54, 1.807) is 18.9 Å². The average Bonchev–Trinajstić information content (AvgIpc) is 2.85.